The van der Waals surface area contributed by atoms with Crippen molar-refractivity contribution in [3.05, 3.63) is 30.1 Å². The van der Waals surface area contributed by atoms with Crippen LogP contribution in [0.25, 0.3) is 0 Å². The molecule has 1 aromatic rings. The van der Waals surface area contributed by atoms with Crippen molar-refractivity contribution in [3.63, 3.8) is 0 Å². The lowest BCUT2D eigenvalue weighted by Crippen LogP contribution is -2.68. The Balaban J connectivity index is 0.000000423. The molecule has 0 aromatic carbocycles. The number of rotatable bonds is 4. The molecule has 8 nitrogen and oxygen atoms in total. The van der Waals surface area contributed by atoms with E-state index in [0.29, 0.717) is 30.4 Å². The summed E-state index contributed by atoms with van der Waals surface area (Å²) >= 11 is 0. The molecule has 0 radical (unpaired) electrons. The Morgan fingerprint density at radius 1 is 1.26 bits per heavy atom. The predicted octanol–water partition coefficient (Wildman–Crippen LogP) is 2.31. The topological polar surface area (TPSA) is 106 Å². The van der Waals surface area contributed by atoms with Crippen molar-refractivity contribution in [2.75, 3.05) is 19.7 Å². The number of carbonyl (C=O) groups is 1. The summed E-state index contributed by atoms with van der Waals surface area (Å²) < 4.78 is 104. The summed E-state index contributed by atoms with van der Waals surface area (Å²) in [6.07, 6.45) is -2.66. The second kappa shape index (κ2) is 9.26. The number of pyridine rings is 1. The SMILES string of the molecule is O=C(O)C(F)(F)F.O=S(=O)(N1CC2(CC(OCc3ccccn3)CCO2)C1)C(F)(F)F. The van der Waals surface area contributed by atoms with E-state index in [1.165, 1.54) is 0 Å². The highest BCUT2D eigenvalue weighted by Gasteiger charge is 2.59. The van der Waals surface area contributed by atoms with Gasteiger partial charge in [-0.15, -0.1) is 0 Å². The monoisotopic (exact) mass is 480 g/mol. The summed E-state index contributed by atoms with van der Waals surface area (Å²) in [5, 5.41) is 7.12. The van der Waals surface area contributed by atoms with Crippen LogP contribution in [0.4, 0.5) is 26.3 Å². The Labute approximate surface area is 172 Å². The van der Waals surface area contributed by atoms with Gasteiger partial charge in [0, 0.05) is 32.3 Å². The molecule has 0 amide bonds. The molecule has 31 heavy (non-hydrogen) atoms. The molecule has 1 N–H and O–H groups in total. The molecule has 0 aliphatic carbocycles. The molecule has 2 saturated heterocycles. The summed E-state index contributed by atoms with van der Waals surface area (Å²) in [6, 6.07) is 5.44. The minimum atomic E-state index is -5.29. The Morgan fingerprint density at radius 3 is 2.35 bits per heavy atom. The van der Waals surface area contributed by atoms with Crippen LogP contribution in [0.1, 0.15) is 18.5 Å². The van der Waals surface area contributed by atoms with Gasteiger partial charge in [0.1, 0.15) is 0 Å². The van der Waals surface area contributed by atoms with E-state index >= 15 is 0 Å². The molecule has 1 aromatic heterocycles. The fourth-order valence-electron chi connectivity index (χ4n) is 2.94. The van der Waals surface area contributed by atoms with Crippen molar-refractivity contribution in [1.82, 2.24) is 9.29 Å². The maximum Gasteiger partial charge on any atom is 0.511 e. The lowest BCUT2D eigenvalue weighted by atomic mass is 9.86. The number of carboxylic acid groups (broad SMARTS) is 1. The Morgan fingerprint density at radius 2 is 1.87 bits per heavy atom. The van der Waals surface area contributed by atoms with Crippen molar-refractivity contribution in [2.45, 2.75) is 42.8 Å². The largest absolute Gasteiger partial charge is 0.511 e. The van der Waals surface area contributed by atoms with Crippen LogP contribution in [-0.2, 0) is 30.9 Å². The summed E-state index contributed by atoms with van der Waals surface area (Å²) in [7, 11) is -5.29. The molecule has 1 atom stereocenters. The third kappa shape index (κ3) is 6.51. The summed E-state index contributed by atoms with van der Waals surface area (Å²) in [5.74, 6) is -2.76. The highest BCUT2D eigenvalue weighted by Crippen LogP contribution is 2.40. The van der Waals surface area contributed by atoms with Crippen molar-refractivity contribution in [1.29, 1.82) is 0 Å². The Kier molecular flexibility index (Phi) is 7.55. The van der Waals surface area contributed by atoms with Gasteiger partial charge in [0.25, 0.3) is 0 Å². The van der Waals surface area contributed by atoms with E-state index in [1.54, 1.807) is 12.3 Å². The first-order chi connectivity index (χ1) is 14.2. The molecular formula is C16H18F6N2O6S. The second-order valence-corrected chi connectivity index (χ2v) is 8.73. The van der Waals surface area contributed by atoms with E-state index in [0.717, 1.165) is 5.69 Å². The zero-order valence-electron chi connectivity index (χ0n) is 15.7. The summed E-state index contributed by atoms with van der Waals surface area (Å²) in [5.41, 5.74) is -5.41. The average Bonchev–Trinajstić information content (AvgIpc) is 2.64. The van der Waals surface area contributed by atoms with Gasteiger partial charge in [0.15, 0.2) is 0 Å². The van der Waals surface area contributed by atoms with E-state index < -0.39 is 33.3 Å². The van der Waals surface area contributed by atoms with Crippen molar-refractivity contribution in [2.24, 2.45) is 0 Å². The number of hydrogen-bond donors (Lipinski definition) is 1. The lowest BCUT2D eigenvalue weighted by Gasteiger charge is -2.51. The number of ether oxygens (including phenoxy) is 2. The molecule has 15 heteroatoms. The van der Waals surface area contributed by atoms with Gasteiger partial charge in [0.05, 0.1) is 24.0 Å². The van der Waals surface area contributed by atoms with Gasteiger partial charge in [-0.1, -0.05) is 6.07 Å². The standard InChI is InChI=1S/C14H17F3N2O4S.C2HF3O2/c15-14(16,17)24(20,21)19-9-13(10-19)7-12(4-6-23-13)22-8-11-3-1-2-5-18-11;3-2(4,5)1(6)7/h1-3,5,12H,4,6-10H2;(H,6,7). The maximum atomic E-state index is 12.5. The van der Waals surface area contributed by atoms with Crippen LogP contribution in [0.5, 0.6) is 0 Å². The number of carboxylic acids is 1. The smallest absolute Gasteiger partial charge is 0.475 e. The summed E-state index contributed by atoms with van der Waals surface area (Å²) in [6.45, 7) is 0.0372. The van der Waals surface area contributed by atoms with Gasteiger partial charge >= 0.3 is 27.7 Å². The molecule has 0 saturated carbocycles. The summed E-state index contributed by atoms with van der Waals surface area (Å²) in [4.78, 5) is 13.0. The van der Waals surface area contributed by atoms with Gasteiger partial charge in [-0.2, -0.15) is 30.6 Å². The third-order valence-electron chi connectivity index (χ3n) is 4.44. The van der Waals surface area contributed by atoms with E-state index in [2.05, 4.69) is 4.98 Å². The fourth-order valence-corrected chi connectivity index (χ4v) is 4.05. The Bertz CT molecular complexity index is 856. The van der Waals surface area contributed by atoms with Gasteiger partial charge in [-0.25, -0.2) is 13.2 Å². The highest BCUT2D eigenvalue weighted by molar-refractivity contribution is 7.90. The first-order valence-electron chi connectivity index (χ1n) is 8.68. The van der Waals surface area contributed by atoms with Gasteiger partial charge in [-0.3, -0.25) is 4.98 Å². The number of halogens is 6. The van der Waals surface area contributed by atoms with Crippen LogP contribution in [0.3, 0.4) is 0 Å². The first kappa shape index (κ1) is 25.3. The van der Waals surface area contributed by atoms with Gasteiger partial charge < -0.3 is 14.6 Å². The minimum Gasteiger partial charge on any atom is -0.475 e. The molecule has 3 heterocycles. The van der Waals surface area contributed by atoms with Gasteiger partial charge in [-0.05, 0) is 18.6 Å². The van der Waals surface area contributed by atoms with E-state index in [1.807, 2.05) is 12.1 Å². The number of aromatic nitrogens is 1. The molecule has 1 unspecified atom stereocenters. The molecule has 3 rings (SSSR count). The number of hydrogen-bond acceptors (Lipinski definition) is 6. The number of sulfonamides is 1. The van der Waals surface area contributed by atoms with Crippen LogP contribution < -0.4 is 0 Å². The second-order valence-electron chi connectivity index (χ2n) is 6.80. The lowest BCUT2D eigenvalue weighted by molar-refractivity contribution is -0.192. The minimum absolute atomic E-state index is 0.198. The van der Waals surface area contributed by atoms with Gasteiger partial charge in [0.2, 0.25) is 0 Å². The molecule has 2 aliphatic rings. The molecular weight excluding hydrogens is 462 g/mol. The van der Waals surface area contributed by atoms with E-state index in [4.69, 9.17) is 19.4 Å². The third-order valence-corrected chi connectivity index (χ3v) is 5.97. The van der Waals surface area contributed by atoms with Crippen LogP contribution in [0, 0.1) is 0 Å². The first-order valence-corrected chi connectivity index (χ1v) is 10.1. The van der Waals surface area contributed by atoms with Crippen LogP contribution >= 0.6 is 0 Å². The van der Waals surface area contributed by atoms with E-state index in [-0.39, 0.29) is 19.2 Å². The molecule has 2 fully saturated rings. The maximum absolute atomic E-state index is 12.5. The number of alkyl halides is 6. The quantitative estimate of drug-likeness (QED) is 0.660. The van der Waals surface area contributed by atoms with Crippen LogP contribution in [0.15, 0.2) is 24.4 Å². The van der Waals surface area contributed by atoms with Crippen LogP contribution in [-0.4, -0.2) is 71.9 Å². The zero-order valence-corrected chi connectivity index (χ0v) is 16.5. The van der Waals surface area contributed by atoms with Crippen molar-refractivity contribution in [3.8, 4) is 0 Å². The Hall–Kier alpha value is -1.97. The molecule has 2 aliphatic heterocycles. The predicted molar refractivity (Wildman–Crippen MR) is 91.0 cm³/mol. The molecule has 0 bridgehead atoms. The highest BCUT2D eigenvalue weighted by atomic mass is 32.2. The zero-order chi connectivity index (χ0) is 23.5. The van der Waals surface area contributed by atoms with Crippen molar-refractivity contribution < 1.29 is 54.1 Å². The normalized spacial score (nSPS) is 21.7. The molecule has 176 valence electrons. The average molecular weight is 480 g/mol. The fraction of sp³-hybridized carbons (Fsp3) is 0.625. The molecule has 1 spiro atoms. The van der Waals surface area contributed by atoms with Crippen LogP contribution in [0.2, 0.25) is 0 Å². The number of aliphatic carboxylic acids is 1. The number of nitrogens with zero attached hydrogens (tertiary/aromatic N) is 2. The van der Waals surface area contributed by atoms with Crippen molar-refractivity contribution >= 4 is 16.0 Å². The van der Waals surface area contributed by atoms with E-state index in [9.17, 15) is 34.8 Å².